The highest BCUT2D eigenvalue weighted by molar-refractivity contribution is 7.10. The molecule has 1 amide bonds. The Balaban J connectivity index is 1.67. The van der Waals surface area contributed by atoms with Gasteiger partial charge >= 0.3 is 0 Å². The number of amides is 1. The van der Waals surface area contributed by atoms with Crippen LogP contribution in [0.2, 0.25) is 0 Å². The molecule has 1 aromatic rings. The van der Waals surface area contributed by atoms with Gasteiger partial charge in [0.25, 0.3) is 0 Å². The molecule has 3 rings (SSSR count). The zero-order valence-electron chi connectivity index (χ0n) is 11.9. The Labute approximate surface area is 125 Å². The summed E-state index contributed by atoms with van der Waals surface area (Å²) < 4.78 is 0. The minimum Gasteiger partial charge on any atom is -0.348 e. The molecule has 1 aliphatic carbocycles. The lowest BCUT2D eigenvalue weighted by atomic mass is 9.94. The standard InChI is InChI=1S/C16H24N2OS/c19-16(13-7-3-9-17-11-13)18-15(12-5-1-2-6-12)14-8-4-10-20-14/h4,8,10,12-13,15,17H,1-3,5-7,9,11H2,(H,18,19)/t13-,15?/m1/s1. The fourth-order valence-corrected chi connectivity index (χ4v) is 4.40. The predicted octanol–water partition coefficient (Wildman–Crippen LogP) is 3.10. The minimum atomic E-state index is 0.160. The Morgan fingerprint density at radius 3 is 2.80 bits per heavy atom. The van der Waals surface area contributed by atoms with E-state index in [0.717, 1.165) is 25.9 Å². The molecule has 4 heteroatoms. The molecule has 1 aromatic heterocycles. The van der Waals surface area contributed by atoms with Crippen LogP contribution in [0.5, 0.6) is 0 Å². The fraction of sp³-hybridized carbons (Fsp3) is 0.688. The topological polar surface area (TPSA) is 41.1 Å². The zero-order chi connectivity index (χ0) is 13.8. The van der Waals surface area contributed by atoms with Crippen LogP contribution in [0.3, 0.4) is 0 Å². The first-order valence-electron chi connectivity index (χ1n) is 7.89. The molecule has 1 saturated heterocycles. The molecule has 2 N–H and O–H groups in total. The number of hydrogen-bond donors (Lipinski definition) is 2. The van der Waals surface area contributed by atoms with Gasteiger partial charge in [0.05, 0.1) is 12.0 Å². The van der Waals surface area contributed by atoms with Crippen LogP contribution in [-0.2, 0) is 4.79 Å². The molecule has 110 valence electrons. The van der Waals surface area contributed by atoms with Crippen molar-refractivity contribution < 1.29 is 4.79 Å². The maximum absolute atomic E-state index is 12.5. The van der Waals surface area contributed by atoms with Gasteiger partial charge in [-0.3, -0.25) is 4.79 Å². The second kappa shape index (κ2) is 6.72. The molecular weight excluding hydrogens is 268 g/mol. The van der Waals surface area contributed by atoms with Gasteiger partial charge in [0.15, 0.2) is 0 Å². The molecule has 1 saturated carbocycles. The third-order valence-corrected chi connectivity index (χ3v) is 5.64. The Kier molecular flexibility index (Phi) is 4.73. The Bertz CT molecular complexity index is 420. The molecule has 1 aliphatic heterocycles. The van der Waals surface area contributed by atoms with Gasteiger partial charge in [0, 0.05) is 11.4 Å². The third kappa shape index (κ3) is 3.23. The molecule has 20 heavy (non-hydrogen) atoms. The SMILES string of the molecule is O=C(NC(c1cccs1)C1CCCC1)[C@@H]1CCCNC1. The maximum atomic E-state index is 12.5. The number of nitrogens with one attached hydrogen (secondary N) is 2. The summed E-state index contributed by atoms with van der Waals surface area (Å²) in [7, 11) is 0. The van der Waals surface area contributed by atoms with E-state index in [2.05, 4.69) is 28.1 Å². The van der Waals surface area contributed by atoms with Crippen LogP contribution < -0.4 is 10.6 Å². The average Bonchev–Trinajstić information content (AvgIpc) is 3.19. The molecular formula is C16H24N2OS. The molecule has 0 radical (unpaired) electrons. The van der Waals surface area contributed by atoms with E-state index in [9.17, 15) is 4.79 Å². The summed E-state index contributed by atoms with van der Waals surface area (Å²) in [6.07, 6.45) is 7.28. The molecule has 0 bridgehead atoms. The molecule has 2 fully saturated rings. The quantitative estimate of drug-likeness (QED) is 0.895. The van der Waals surface area contributed by atoms with Crippen molar-refractivity contribution in [2.24, 2.45) is 11.8 Å². The Hall–Kier alpha value is -0.870. The van der Waals surface area contributed by atoms with Gasteiger partial charge in [-0.1, -0.05) is 18.9 Å². The lowest BCUT2D eigenvalue weighted by Crippen LogP contribution is -2.43. The predicted molar refractivity (Wildman–Crippen MR) is 82.8 cm³/mol. The summed E-state index contributed by atoms with van der Waals surface area (Å²) in [5, 5.41) is 8.81. The van der Waals surface area contributed by atoms with E-state index >= 15 is 0 Å². The van der Waals surface area contributed by atoms with Crippen molar-refractivity contribution in [3.05, 3.63) is 22.4 Å². The van der Waals surface area contributed by atoms with Crippen molar-refractivity contribution in [3.63, 3.8) is 0 Å². The van der Waals surface area contributed by atoms with Crippen LogP contribution >= 0.6 is 11.3 Å². The maximum Gasteiger partial charge on any atom is 0.224 e. The van der Waals surface area contributed by atoms with Crippen molar-refractivity contribution in [3.8, 4) is 0 Å². The van der Waals surface area contributed by atoms with Gasteiger partial charge < -0.3 is 10.6 Å². The monoisotopic (exact) mass is 292 g/mol. The van der Waals surface area contributed by atoms with E-state index in [1.54, 1.807) is 11.3 Å². The first-order chi connectivity index (χ1) is 9.84. The van der Waals surface area contributed by atoms with Crippen LogP contribution in [0, 0.1) is 11.8 Å². The van der Waals surface area contributed by atoms with Gasteiger partial charge in [0.2, 0.25) is 5.91 Å². The van der Waals surface area contributed by atoms with Crippen molar-refractivity contribution in [1.29, 1.82) is 0 Å². The molecule has 3 nitrogen and oxygen atoms in total. The smallest absolute Gasteiger partial charge is 0.224 e. The second-order valence-electron chi connectivity index (χ2n) is 6.09. The number of hydrogen-bond acceptors (Lipinski definition) is 3. The third-order valence-electron chi connectivity index (χ3n) is 4.69. The average molecular weight is 292 g/mol. The van der Waals surface area contributed by atoms with E-state index in [1.165, 1.54) is 30.6 Å². The number of thiophene rings is 1. The van der Waals surface area contributed by atoms with Crippen molar-refractivity contribution in [1.82, 2.24) is 10.6 Å². The Morgan fingerprint density at radius 2 is 2.15 bits per heavy atom. The highest BCUT2D eigenvalue weighted by Gasteiger charge is 2.30. The highest BCUT2D eigenvalue weighted by Crippen LogP contribution is 2.37. The number of carbonyl (C=O) groups excluding carboxylic acids is 1. The first-order valence-corrected chi connectivity index (χ1v) is 8.77. The second-order valence-corrected chi connectivity index (χ2v) is 7.07. The molecule has 1 unspecified atom stereocenters. The van der Waals surface area contributed by atoms with Gasteiger partial charge in [-0.05, 0) is 49.6 Å². The van der Waals surface area contributed by atoms with E-state index in [4.69, 9.17) is 0 Å². The normalized spacial score (nSPS) is 25.5. The van der Waals surface area contributed by atoms with Gasteiger partial charge in [-0.25, -0.2) is 0 Å². The van der Waals surface area contributed by atoms with Crippen LogP contribution in [-0.4, -0.2) is 19.0 Å². The number of carbonyl (C=O) groups is 1. The van der Waals surface area contributed by atoms with Crippen LogP contribution in [0.4, 0.5) is 0 Å². The molecule has 2 heterocycles. The summed E-state index contributed by atoms with van der Waals surface area (Å²) in [6.45, 7) is 1.90. The molecule has 0 spiro atoms. The first kappa shape index (κ1) is 14.1. The van der Waals surface area contributed by atoms with Gasteiger partial charge in [-0.15, -0.1) is 11.3 Å². The van der Waals surface area contributed by atoms with Gasteiger partial charge in [0.1, 0.15) is 0 Å². The molecule has 2 aliphatic rings. The van der Waals surface area contributed by atoms with Crippen molar-refractivity contribution >= 4 is 17.2 Å². The Morgan fingerprint density at radius 1 is 1.30 bits per heavy atom. The largest absolute Gasteiger partial charge is 0.348 e. The van der Waals surface area contributed by atoms with E-state index in [-0.39, 0.29) is 17.9 Å². The molecule has 2 atom stereocenters. The van der Waals surface area contributed by atoms with Crippen LogP contribution in [0.25, 0.3) is 0 Å². The van der Waals surface area contributed by atoms with Crippen LogP contribution in [0.1, 0.15) is 49.4 Å². The fourth-order valence-electron chi connectivity index (χ4n) is 3.53. The van der Waals surface area contributed by atoms with Crippen molar-refractivity contribution in [2.45, 2.75) is 44.6 Å². The molecule has 0 aromatic carbocycles. The van der Waals surface area contributed by atoms with Gasteiger partial charge in [-0.2, -0.15) is 0 Å². The summed E-state index contributed by atoms with van der Waals surface area (Å²) in [5.41, 5.74) is 0. The summed E-state index contributed by atoms with van der Waals surface area (Å²) >= 11 is 1.78. The number of piperidine rings is 1. The summed E-state index contributed by atoms with van der Waals surface area (Å²) in [6, 6.07) is 4.51. The van der Waals surface area contributed by atoms with Crippen molar-refractivity contribution in [2.75, 3.05) is 13.1 Å². The zero-order valence-corrected chi connectivity index (χ0v) is 12.8. The summed E-state index contributed by atoms with van der Waals surface area (Å²) in [4.78, 5) is 13.8. The lowest BCUT2D eigenvalue weighted by Gasteiger charge is -2.28. The lowest BCUT2D eigenvalue weighted by molar-refractivity contribution is -0.126. The van der Waals surface area contributed by atoms with E-state index < -0.39 is 0 Å². The van der Waals surface area contributed by atoms with E-state index in [0.29, 0.717) is 5.92 Å². The highest BCUT2D eigenvalue weighted by atomic mass is 32.1. The minimum absolute atomic E-state index is 0.160. The van der Waals surface area contributed by atoms with Crippen LogP contribution in [0.15, 0.2) is 17.5 Å². The van der Waals surface area contributed by atoms with E-state index in [1.807, 2.05) is 0 Å². The summed E-state index contributed by atoms with van der Waals surface area (Å²) in [5.74, 6) is 1.05. The number of rotatable bonds is 4.